The molecule has 0 amide bonds. The number of benzene rings is 2. The molecule has 0 aliphatic carbocycles. The van der Waals surface area contributed by atoms with Gasteiger partial charge < -0.3 is 19.7 Å². The van der Waals surface area contributed by atoms with E-state index in [0.717, 1.165) is 68.1 Å². The van der Waals surface area contributed by atoms with Gasteiger partial charge in [0.1, 0.15) is 19.5 Å². The second-order valence-corrected chi connectivity index (χ2v) is 9.10. The van der Waals surface area contributed by atoms with E-state index < -0.39 is 0 Å². The quantitative estimate of drug-likeness (QED) is 0.452. The van der Waals surface area contributed by atoms with Gasteiger partial charge in [0.25, 0.3) is 0 Å². The van der Waals surface area contributed by atoms with Gasteiger partial charge in [-0.25, -0.2) is 0 Å². The van der Waals surface area contributed by atoms with Crippen LogP contribution in [0.25, 0.3) is 5.57 Å². The Morgan fingerprint density at radius 2 is 1.85 bits per heavy atom. The predicted octanol–water partition coefficient (Wildman–Crippen LogP) is 4.65. The van der Waals surface area contributed by atoms with Crippen LogP contribution in [0.2, 0.25) is 0 Å². The largest absolute Gasteiger partial charge is 0.486 e. The minimum Gasteiger partial charge on any atom is -0.486 e. The summed E-state index contributed by atoms with van der Waals surface area (Å²) >= 11 is 0. The lowest BCUT2D eigenvalue weighted by molar-refractivity contribution is -0.104. The molecular weight excluding hydrogens is 426 g/mol. The Labute approximate surface area is 204 Å². The number of ether oxygens (including phenoxy) is 2. The Morgan fingerprint density at radius 3 is 2.59 bits per heavy atom. The Morgan fingerprint density at radius 1 is 1.12 bits per heavy atom. The van der Waals surface area contributed by atoms with Crippen LogP contribution in [-0.2, 0) is 11.3 Å². The fourth-order valence-corrected chi connectivity index (χ4v) is 4.60. The number of fused-ring (bicyclic) bond motifs is 1. The number of rotatable bonds is 8. The minimum absolute atomic E-state index is 0. The summed E-state index contributed by atoms with van der Waals surface area (Å²) in [5.41, 5.74) is 5.73. The van der Waals surface area contributed by atoms with Crippen LogP contribution in [0.5, 0.6) is 11.5 Å². The van der Waals surface area contributed by atoms with Crippen LogP contribution in [0.1, 0.15) is 43.9 Å². The van der Waals surface area contributed by atoms with E-state index in [0.29, 0.717) is 19.3 Å². The average Bonchev–Trinajstić information content (AvgIpc) is 2.83. The molecule has 1 N–H and O–H groups in total. The summed E-state index contributed by atoms with van der Waals surface area (Å²) in [4.78, 5) is 15.8. The Kier molecular flexibility index (Phi) is 9.13. The molecule has 1 saturated heterocycles. The Bertz CT molecular complexity index is 996. The van der Waals surface area contributed by atoms with E-state index in [-0.39, 0.29) is 7.43 Å². The van der Waals surface area contributed by atoms with Crippen molar-refractivity contribution in [2.24, 2.45) is 0 Å². The SMILES string of the molecule is C.C/C(=C/C=O)c1ccc(C)cc1N(C)CN1CCC(NCc2ccc3c(c2)OCCO3)CC1. The third-order valence-corrected chi connectivity index (χ3v) is 6.51. The topological polar surface area (TPSA) is 54.0 Å². The first-order valence-electron chi connectivity index (χ1n) is 11.8. The summed E-state index contributed by atoms with van der Waals surface area (Å²) in [5.74, 6) is 1.70. The molecule has 1 fully saturated rings. The summed E-state index contributed by atoms with van der Waals surface area (Å²) in [7, 11) is 2.14. The molecule has 34 heavy (non-hydrogen) atoms. The van der Waals surface area contributed by atoms with Crippen LogP contribution in [0.4, 0.5) is 5.69 Å². The summed E-state index contributed by atoms with van der Waals surface area (Å²) in [6.45, 7) is 9.19. The predicted molar refractivity (Wildman–Crippen MR) is 140 cm³/mol. The van der Waals surface area contributed by atoms with E-state index in [1.807, 2.05) is 13.0 Å². The third-order valence-electron chi connectivity index (χ3n) is 6.51. The first-order valence-corrected chi connectivity index (χ1v) is 11.8. The molecule has 0 spiro atoms. The molecule has 0 saturated carbocycles. The smallest absolute Gasteiger partial charge is 0.161 e. The third kappa shape index (κ3) is 6.39. The zero-order valence-corrected chi connectivity index (χ0v) is 20.0. The van der Waals surface area contributed by atoms with Crippen molar-refractivity contribution in [2.45, 2.75) is 46.7 Å². The van der Waals surface area contributed by atoms with Gasteiger partial charge >= 0.3 is 0 Å². The highest BCUT2D eigenvalue weighted by Gasteiger charge is 2.21. The van der Waals surface area contributed by atoms with Crippen LogP contribution in [0, 0.1) is 6.92 Å². The number of carbonyl (C=O) groups excluding carboxylic acids is 1. The molecule has 0 unspecified atom stereocenters. The van der Waals surface area contributed by atoms with Gasteiger partial charge in [0.2, 0.25) is 0 Å². The van der Waals surface area contributed by atoms with Crippen molar-refractivity contribution in [3.63, 3.8) is 0 Å². The molecule has 2 aromatic carbocycles. The molecule has 4 rings (SSSR count). The van der Waals surface area contributed by atoms with E-state index in [1.165, 1.54) is 16.8 Å². The summed E-state index contributed by atoms with van der Waals surface area (Å²) in [6.07, 6.45) is 4.76. The van der Waals surface area contributed by atoms with Crippen LogP contribution >= 0.6 is 0 Å². The molecule has 184 valence electrons. The maximum Gasteiger partial charge on any atom is 0.161 e. The highest BCUT2D eigenvalue weighted by molar-refractivity contribution is 5.85. The van der Waals surface area contributed by atoms with Gasteiger partial charge in [-0.1, -0.05) is 25.6 Å². The number of piperidine rings is 1. The Hall–Kier alpha value is -2.83. The molecule has 6 heteroatoms. The highest BCUT2D eigenvalue weighted by atomic mass is 16.6. The molecule has 2 aromatic rings. The number of aldehydes is 1. The van der Waals surface area contributed by atoms with E-state index >= 15 is 0 Å². The van der Waals surface area contributed by atoms with Gasteiger partial charge in [0, 0.05) is 44.0 Å². The second-order valence-electron chi connectivity index (χ2n) is 9.10. The van der Waals surface area contributed by atoms with Crippen LogP contribution < -0.4 is 19.7 Å². The molecule has 6 nitrogen and oxygen atoms in total. The van der Waals surface area contributed by atoms with Crippen LogP contribution in [-0.4, -0.2) is 57.2 Å². The van der Waals surface area contributed by atoms with E-state index in [2.05, 4.69) is 59.4 Å². The highest BCUT2D eigenvalue weighted by Crippen LogP contribution is 2.31. The van der Waals surface area contributed by atoms with Crippen molar-refractivity contribution >= 4 is 17.5 Å². The lowest BCUT2D eigenvalue weighted by Gasteiger charge is -2.36. The molecule has 0 bridgehead atoms. The van der Waals surface area contributed by atoms with Gasteiger partial charge in [0.05, 0.1) is 6.67 Å². The number of likely N-dealkylation sites (tertiary alicyclic amines) is 1. The zero-order valence-electron chi connectivity index (χ0n) is 20.0. The first-order chi connectivity index (χ1) is 16.0. The van der Waals surface area contributed by atoms with Crippen molar-refractivity contribution < 1.29 is 14.3 Å². The summed E-state index contributed by atoms with van der Waals surface area (Å²) in [6, 6.07) is 13.2. The van der Waals surface area contributed by atoms with Crippen molar-refractivity contribution in [1.29, 1.82) is 0 Å². The molecule has 0 aromatic heterocycles. The minimum atomic E-state index is 0. The normalized spacial score (nSPS) is 16.6. The number of carbonyl (C=O) groups is 1. The zero-order chi connectivity index (χ0) is 23.2. The summed E-state index contributed by atoms with van der Waals surface area (Å²) < 4.78 is 11.3. The molecular formula is C28H39N3O3. The van der Waals surface area contributed by atoms with Crippen LogP contribution in [0.3, 0.4) is 0 Å². The Balaban J connectivity index is 0.00000324. The van der Waals surface area contributed by atoms with Gasteiger partial charge in [0.15, 0.2) is 11.5 Å². The standard InChI is InChI=1S/C27H35N3O3.CH4/c1-20-4-6-24(21(2)10-13-31)25(16-20)29(3)19-30-11-8-23(9-12-30)28-18-22-5-7-26-27(17-22)33-15-14-32-26;/h4-7,10,13,16-17,23,28H,8-9,11-12,14-15,18-19H2,1-3H3;1H4/b21-10-;. The van der Waals surface area contributed by atoms with E-state index in [4.69, 9.17) is 9.47 Å². The average molecular weight is 466 g/mol. The molecule has 2 heterocycles. The van der Waals surface area contributed by atoms with Gasteiger partial charge in [-0.3, -0.25) is 9.69 Å². The second kappa shape index (κ2) is 12.0. The van der Waals surface area contributed by atoms with Crippen molar-refractivity contribution in [3.05, 3.63) is 59.2 Å². The van der Waals surface area contributed by atoms with E-state index in [1.54, 1.807) is 6.08 Å². The number of hydrogen-bond acceptors (Lipinski definition) is 6. The van der Waals surface area contributed by atoms with E-state index in [9.17, 15) is 4.79 Å². The molecule has 2 aliphatic heterocycles. The van der Waals surface area contributed by atoms with Gasteiger partial charge in [-0.05, 0) is 67.7 Å². The summed E-state index contributed by atoms with van der Waals surface area (Å²) in [5, 5.41) is 3.72. The lowest BCUT2D eigenvalue weighted by Crippen LogP contribution is -2.46. The first kappa shape index (κ1) is 25.8. The van der Waals surface area contributed by atoms with Gasteiger partial charge in [-0.2, -0.15) is 0 Å². The number of hydrogen-bond donors (Lipinski definition) is 1. The van der Waals surface area contributed by atoms with Gasteiger partial charge in [-0.15, -0.1) is 0 Å². The number of anilines is 1. The monoisotopic (exact) mass is 465 g/mol. The van der Waals surface area contributed by atoms with Crippen LogP contribution in [0.15, 0.2) is 42.5 Å². The fourth-order valence-electron chi connectivity index (χ4n) is 4.60. The molecule has 0 atom stereocenters. The number of aryl methyl sites for hydroxylation is 1. The maximum atomic E-state index is 11.0. The molecule has 2 aliphatic rings. The number of nitrogens with one attached hydrogen (secondary N) is 1. The van der Waals surface area contributed by atoms with Crippen molar-refractivity contribution in [2.75, 3.05) is 44.9 Å². The fraction of sp³-hybridized carbons (Fsp3) is 0.464. The number of allylic oxidation sites excluding steroid dienone is 2. The number of nitrogens with zero attached hydrogens (tertiary/aromatic N) is 2. The maximum absolute atomic E-state index is 11.0. The molecule has 0 radical (unpaired) electrons. The lowest BCUT2D eigenvalue weighted by atomic mass is 10.0. The van der Waals surface area contributed by atoms with Crippen molar-refractivity contribution in [3.8, 4) is 11.5 Å². The van der Waals surface area contributed by atoms with Crippen molar-refractivity contribution in [1.82, 2.24) is 10.2 Å².